The van der Waals surface area contributed by atoms with Gasteiger partial charge in [0.15, 0.2) is 0 Å². The fourth-order valence-electron chi connectivity index (χ4n) is 2.08. The summed E-state index contributed by atoms with van der Waals surface area (Å²) in [5.74, 6) is -1.27. The van der Waals surface area contributed by atoms with Crippen molar-refractivity contribution in [3.63, 3.8) is 0 Å². The number of carbonyl (C=O) groups excluding carboxylic acids is 1. The average molecular weight is 226 g/mol. The van der Waals surface area contributed by atoms with Gasteiger partial charge in [-0.3, -0.25) is 9.69 Å². The second-order valence-electron chi connectivity index (χ2n) is 4.21. The maximum absolute atomic E-state index is 11.2. The summed E-state index contributed by atoms with van der Waals surface area (Å²) in [4.78, 5) is 23.7. The molecule has 1 saturated heterocycles. The standard InChI is InChI=1S/C11H18N2O3/c1-8(6-10(14)15)7-13-5-3-2-4-9(13)11(12)16/h6,9H,2-5,7H2,1H3,(H2,12,16)(H,14,15). The van der Waals surface area contributed by atoms with Crippen molar-refractivity contribution >= 4 is 11.9 Å². The van der Waals surface area contributed by atoms with Crippen molar-refractivity contribution in [2.45, 2.75) is 32.2 Å². The van der Waals surface area contributed by atoms with E-state index in [1.807, 2.05) is 4.90 Å². The smallest absolute Gasteiger partial charge is 0.328 e. The molecule has 3 N–H and O–H groups in total. The van der Waals surface area contributed by atoms with Crippen LogP contribution in [0.5, 0.6) is 0 Å². The van der Waals surface area contributed by atoms with Gasteiger partial charge >= 0.3 is 5.97 Å². The number of carboxylic acid groups (broad SMARTS) is 1. The maximum Gasteiger partial charge on any atom is 0.328 e. The Morgan fingerprint density at radius 2 is 2.19 bits per heavy atom. The van der Waals surface area contributed by atoms with Crippen LogP contribution in [-0.4, -0.2) is 41.0 Å². The van der Waals surface area contributed by atoms with E-state index in [-0.39, 0.29) is 11.9 Å². The van der Waals surface area contributed by atoms with Gasteiger partial charge in [-0.2, -0.15) is 0 Å². The van der Waals surface area contributed by atoms with E-state index in [1.54, 1.807) is 6.92 Å². The summed E-state index contributed by atoms with van der Waals surface area (Å²) in [6.07, 6.45) is 3.98. The first-order chi connectivity index (χ1) is 7.50. The van der Waals surface area contributed by atoms with Gasteiger partial charge in [-0.1, -0.05) is 12.0 Å². The molecule has 1 heterocycles. The topological polar surface area (TPSA) is 83.6 Å². The van der Waals surface area contributed by atoms with Crippen molar-refractivity contribution in [1.82, 2.24) is 4.90 Å². The number of amides is 1. The van der Waals surface area contributed by atoms with Gasteiger partial charge in [0.2, 0.25) is 5.91 Å². The highest BCUT2D eigenvalue weighted by molar-refractivity contribution is 5.81. The minimum atomic E-state index is -0.954. The van der Waals surface area contributed by atoms with Gasteiger partial charge in [0.25, 0.3) is 0 Å². The molecule has 1 atom stereocenters. The first kappa shape index (κ1) is 12.7. The normalized spacial score (nSPS) is 23.1. The van der Waals surface area contributed by atoms with Gasteiger partial charge < -0.3 is 10.8 Å². The monoisotopic (exact) mass is 226 g/mol. The number of piperidine rings is 1. The zero-order valence-corrected chi connectivity index (χ0v) is 9.48. The molecule has 1 rings (SSSR count). The summed E-state index contributed by atoms with van der Waals surface area (Å²) in [7, 11) is 0. The van der Waals surface area contributed by atoms with Crippen LogP contribution in [0.25, 0.3) is 0 Å². The molecule has 0 radical (unpaired) electrons. The summed E-state index contributed by atoms with van der Waals surface area (Å²) in [6.45, 7) is 3.05. The van der Waals surface area contributed by atoms with Crippen LogP contribution in [0.3, 0.4) is 0 Å². The van der Waals surface area contributed by atoms with E-state index in [1.165, 1.54) is 6.08 Å². The molecule has 1 fully saturated rings. The third-order valence-electron chi connectivity index (χ3n) is 2.76. The number of nitrogens with two attached hydrogens (primary N) is 1. The summed E-state index contributed by atoms with van der Waals surface area (Å²) in [5.41, 5.74) is 6.05. The fourth-order valence-corrected chi connectivity index (χ4v) is 2.08. The summed E-state index contributed by atoms with van der Waals surface area (Å²) < 4.78 is 0. The number of likely N-dealkylation sites (tertiary alicyclic amines) is 1. The summed E-state index contributed by atoms with van der Waals surface area (Å²) >= 11 is 0. The van der Waals surface area contributed by atoms with E-state index in [4.69, 9.17) is 10.8 Å². The second-order valence-corrected chi connectivity index (χ2v) is 4.21. The lowest BCUT2D eigenvalue weighted by atomic mass is 10.0. The minimum absolute atomic E-state index is 0.245. The Labute approximate surface area is 94.9 Å². The number of hydrogen-bond donors (Lipinski definition) is 2. The minimum Gasteiger partial charge on any atom is -0.478 e. The Hall–Kier alpha value is -1.36. The lowest BCUT2D eigenvalue weighted by Crippen LogP contribution is -2.48. The van der Waals surface area contributed by atoms with Gasteiger partial charge in [0.05, 0.1) is 6.04 Å². The van der Waals surface area contributed by atoms with E-state index >= 15 is 0 Å². The second kappa shape index (κ2) is 5.65. The Balaban J connectivity index is 2.63. The molecule has 0 saturated carbocycles. The van der Waals surface area contributed by atoms with E-state index < -0.39 is 5.97 Å². The number of carboxylic acids is 1. The summed E-state index contributed by atoms with van der Waals surface area (Å²) in [6, 6.07) is -0.245. The molecule has 90 valence electrons. The van der Waals surface area contributed by atoms with E-state index in [0.29, 0.717) is 6.54 Å². The number of nitrogens with zero attached hydrogens (tertiary/aromatic N) is 1. The highest BCUT2D eigenvalue weighted by Gasteiger charge is 2.26. The molecule has 5 heteroatoms. The zero-order chi connectivity index (χ0) is 12.1. The third kappa shape index (κ3) is 3.66. The molecular formula is C11H18N2O3. The van der Waals surface area contributed by atoms with Crippen molar-refractivity contribution in [2.24, 2.45) is 5.73 Å². The molecular weight excluding hydrogens is 208 g/mol. The third-order valence-corrected chi connectivity index (χ3v) is 2.76. The predicted octanol–water partition coefficient (Wildman–Crippen LogP) is 0.357. The van der Waals surface area contributed by atoms with Crippen molar-refractivity contribution in [3.05, 3.63) is 11.6 Å². The van der Waals surface area contributed by atoms with Crippen LogP contribution in [0.1, 0.15) is 26.2 Å². The van der Waals surface area contributed by atoms with Crippen LogP contribution in [-0.2, 0) is 9.59 Å². The fraction of sp³-hybridized carbons (Fsp3) is 0.636. The van der Waals surface area contributed by atoms with Gasteiger partial charge in [-0.05, 0) is 26.3 Å². The lowest BCUT2D eigenvalue weighted by Gasteiger charge is -2.33. The Bertz CT molecular complexity index is 312. The SMILES string of the molecule is CC(=CC(=O)O)CN1CCCCC1C(N)=O. The van der Waals surface area contributed by atoms with Crippen LogP contribution in [0.15, 0.2) is 11.6 Å². The largest absolute Gasteiger partial charge is 0.478 e. The van der Waals surface area contributed by atoms with Gasteiger partial charge in [0, 0.05) is 12.6 Å². The molecule has 16 heavy (non-hydrogen) atoms. The lowest BCUT2D eigenvalue weighted by molar-refractivity contribution is -0.131. The highest BCUT2D eigenvalue weighted by Crippen LogP contribution is 2.17. The highest BCUT2D eigenvalue weighted by atomic mass is 16.4. The molecule has 0 aromatic carbocycles. The van der Waals surface area contributed by atoms with E-state index in [9.17, 15) is 9.59 Å². The number of carbonyl (C=O) groups is 2. The zero-order valence-electron chi connectivity index (χ0n) is 9.48. The first-order valence-electron chi connectivity index (χ1n) is 5.44. The predicted molar refractivity (Wildman–Crippen MR) is 59.8 cm³/mol. The average Bonchev–Trinajstić information content (AvgIpc) is 2.16. The Morgan fingerprint density at radius 1 is 1.50 bits per heavy atom. The number of aliphatic carboxylic acids is 1. The number of hydrogen-bond acceptors (Lipinski definition) is 3. The number of primary amides is 1. The van der Waals surface area contributed by atoms with Crippen LogP contribution in [0.2, 0.25) is 0 Å². The van der Waals surface area contributed by atoms with Crippen LogP contribution in [0, 0.1) is 0 Å². The van der Waals surface area contributed by atoms with E-state index in [0.717, 1.165) is 31.4 Å². The van der Waals surface area contributed by atoms with Crippen molar-refractivity contribution in [2.75, 3.05) is 13.1 Å². The van der Waals surface area contributed by atoms with Crippen LogP contribution in [0.4, 0.5) is 0 Å². The van der Waals surface area contributed by atoms with Gasteiger partial charge in [0.1, 0.15) is 0 Å². The van der Waals surface area contributed by atoms with Crippen molar-refractivity contribution in [3.8, 4) is 0 Å². The summed E-state index contributed by atoms with van der Waals surface area (Å²) in [5, 5.41) is 8.60. The molecule has 5 nitrogen and oxygen atoms in total. The van der Waals surface area contributed by atoms with Crippen LogP contribution >= 0.6 is 0 Å². The molecule has 1 aliphatic heterocycles. The Morgan fingerprint density at radius 3 is 2.75 bits per heavy atom. The van der Waals surface area contributed by atoms with Crippen LogP contribution < -0.4 is 5.73 Å². The van der Waals surface area contributed by atoms with Gasteiger partial charge in [-0.25, -0.2) is 4.79 Å². The molecule has 0 bridgehead atoms. The molecule has 0 aromatic heterocycles. The van der Waals surface area contributed by atoms with Crippen molar-refractivity contribution in [1.29, 1.82) is 0 Å². The molecule has 1 unspecified atom stereocenters. The quantitative estimate of drug-likeness (QED) is 0.678. The molecule has 0 aromatic rings. The van der Waals surface area contributed by atoms with E-state index in [2.05, 4.69) is 0 Å². The molecule has 1 amide bonds. The van der Waals surface area contributed by atoms with Crippen molar-refractivity contribution < 1.29 is 14.7 Å². The molecule has 0 spiro atoms. The molecule has 1 aliphatic rings. The Kier molecular flexibility index (Phi) is 4.49. The first-order valence-corrected chi connectivity index (χ1v) is 5.44. The van der Waals surface area contributed by atoms with Gasteiger partial charge in [-0.15, -0.1) is 0 Å². The number of rotatable bonds is 4. The maximum atomic E-state index is 11.2. The molecule has 0 aliphatic carbocycles.